The maximum Gasteiger partial charge on any atom is 0.387 e. The summed E-state index contributed by atoms with van der Waals surface area (Å²) in [6.07, 6.45) is 0. The average molecular weight is 227 g/mol. The molecule has 1 aliphatic carbocycles. The third-order valence-electron chi connectivity index (χ3n) is 3.38. The molecule has 0 bridgehead atoms. The summed E-state index contributed by atoms with van der Waals surface area (Å²) in [7, 11) is 0. The van der Waals surface area contributed by atoms with Gasteiger partial charge in [-0.2, -0.15) is 8.78 Å². The lowest BCUT2D eigenvalue weighted by Gasteiger charge is -2.11. The van der Waals surface area contributed by atoms with Gasteiger partial charge in [-0.1, -0.05) is 32.0 Å². The highest BCUT2D eigenvalue weighted by Crippen LogP contribution is 2.59. The zero-order valence-corrected chi connectivity index (χ0v) is 9.28. The molecule has 2 N–H and O–H groups in total. The molecule has 16 heavy (non-hydrogen) atoms. The molecule has 2 unspecified atom stereocenters. The van der Waals surface area contributed by atoms with Crippen LogP contribution in [-0.4, -0.2) is 12.7 Å². The van der Waals surface area contributed by atoms with Gasteiger partial charge >= 0.3 is 6.61 Å². The van der Waals surface area contributed by atoms with E-state index in [9.17, 15) is 8.78 Å². The molecule has 88 valence electrons. The van der Waals surface area contributed by atoms with Crippen molar-refractivity contribution in [3.05, 3.63) is 29.8 Å². The van der Waals surface area contributed by atoms with E-state index in [1.165, 1.54) is 0 Å². The van der Waals surface area contributed by atoms with E-state index in [1.807, 2.05) is 19.9 Å². The van der Waals surface area contributed by atoms with Crippen LogP contribution in [0.4, 0.5) is 8.78 Å². The van der Waals surface area contributed by atoms with Gasteiger partial charge in [0.15, 0.2) is 0 Å². The van der Waals surface area contributed by atoms with E-state index in [0.29, 0.717) is 0 Å². The highest BCUT2D eigenvalue weighted by molar-refractivity contribution is 5.44. The van der Waals surface area contributed by atoms with Gasteiger partial charge in [-0.05, 0) is 17.0 Å². The second-order valence-corrected chi connectivity index (χ2v) is 4.74. The van der Waals surface area contributed by atoms with Crippen molar-refractivity contribution in [2.24, 2.45) is 11.1 Å². The first kappa shape index (κ1) is 11.3. The number of ether oxygens (including phenoxy) is 1. The molecular formula is C12H15F2NO. The fraction of sp³-hybridized carbons (Fsp3) is 0.500. The van der Waals surface area contributed by atoms with Gasteiger partial charge < -0.3 is 10.5 Å². The molecule has 0 amide bonds. The van der Waals surface area contributed by atoms with Crippen LogP contribution in [0.15, 0.2) is 24.3 Å². The highest BCUT2D eigenvalue weighted by atomic mass is 19.3. The number of rotatable bonds is 3. The molecule has 0 spiro atoms. The van der Waals surface area contributed by atoms with E-state index >= 15 is 0 Å². The van der Waals surface area contributed by atoms with Crippen LogP contribution < -0.4 is 10.5 Å². The lowest BCUT2D eigenvalue weighted by atomic mass is 10.0. The molecular weight excluding hydrogens is 212 g/mol. The molecule has 0 aliphatic heterocycles. The van der Waals surface area contributed by atoms with Gasteiger partial charge in [-0.25, -0.2) is 0 Å². The zero-order valence-electron chi connectivity index (χ0n) is 9.28. The molecule has 0 saturated heterocycles. The lowest BCUT2D eigenvalue weighted by molar-refractivity contribution is -0.0505. The molecule has 4 heteroatoms. The monoisotopic (exact) mass is 227 g/mol. The molecule has 1 aromatic rings. The summed E-state index contributed by atoms with van der Waals surface area (Å²) in [4.78, 5) is 0. The minimum atomic E-state index is -2.79. The molecule has 1 aliphatic rings. The molecule has 0 radical (unpaired) electrons. The number of alkyl halides is 2. The van der Waals surface area contributed by atoms with Crippen molar-refractivity contribution in [2.45, 2.75) is 32.4 Å². The predicted molar refractivity (Wildman–Crippen MR) is 57.6 cm³/mol. The largest absolute Gasteiger partial charge is 0.435 e. The maximum absolute atomic E-state index is 12.2. The topological polar surface area (TPSA) is 35.2 Å². The van der Waals surface area contributed by atoms with Gasteiger partial charge in [-0.15, -0.1) is 0 Å². The minimum Gasteiger partial charge on any atom is -0.435 e. The first-order valence-electron chi connectivity index (χ1n) is 5.24. The second-order valence-electron chi connectivity index (χ2n) is 4.74. The summed E-state index contributed by atoms with van der Waals surface area (Å²) in [5.41, 5.74) is 6.67. The van der Waals surface area contributed by atoms with E-state index in [0.717, 1.165) is 5.56 Å². The molecule has 1 aromatic carbocycles. The molecule has 2 nitrogen and oxygen atoms in total. The van der Waals surface area contributed by atoms with Gasteiger partial charge in [0.2, 0.25) is 0 Å². The Balaban J connectivity index is 2.28. The Hall–Kier alpha value is -1.16. The van der Waals surface area contributed by atoms with Crippen molar-refractivity contribution in [2.75, 3.05) is 0 Å². The van der Waals surface area contributed by atoms with Crippen LogP contribution in [0.3, 0.4) is 0 Å². The van der Waals surface area contributed by atoms with Crippen LogP contribution >= 0.6 is 0 Å². The Bertz CT molecular complexity index is 392. The molecule has 2 rings (SSSR count). The number of para-hydroxylation sites is 1. The molecule has 0 aromatic heterocycles. The first-order valence-corrected chi connectivity index (χ1v) is 5.24. The normalized spacial score (nSPS) is 26.9. The standard InChI is InChI=1S/C12H15F2NO/c1-12(2)9(10(12)15)7-5-3-4-6-8(7)16-11(13)14/h3-6,9-11H,15H2,1-2H3. The molecule has 1 saturated carbocycles. The third-order valence-corrected chi connectivity index (χ3v) is 3.38. The van der Waals surface area contributed by atoms with Crippen LogP contribution in [0.1, 0.15) is 25.3 Å². The average Bonchev–Trinajstić information content (AvgIpc) is 2.67. The Morgan fingerprint density at radius 3 is 2.38 bits per heavy atom. The smallest absolute Gasteiger partial charge is 0.387 e. The van der Waals surface area contributed by atoms with E-state index in [1.54, 1.807) is 18.2 Å². The third kappa shape index (κ3) is 1.78. The van der Waals surface area contributed by atoms with Crippen molar-refractivity contribution in [3.8, 4) is 5.75 Å². The quantitative estimate of drug-likeness (QED) is 0.861. The summed E-state index contributed by atoms with van der Waals surface area (Å²) >= 11 is 0. The Kier molecular flexibility index (Phi) is 2.62. The lowest BCUT2D eigenvalue weighted by Crippen LogP contribution is -2.07. The van der Waals surface area contributed by atoms with Crippen LogP contribution in [0.5, 0.6) is 5.75 Å². The minimum absolute atomic E-state index is 0.00919. The number of nitrogens with two attached hydrogens (primary N) is 1. The molecule has 1 fully saturated rings. The summed E-state index contributed by atoms with van der Waals surface area (Å²) in [6.45, 7) is 1.27. The fourth-order valence-electron chi connectivity index (χ4n) is 2.21. The summed E-state index contributed by atoms with van der Waals surface area (Å²) in [5, 5.41) is 0. The van der Waals surface area contributed by atoms with Gasteiger partial charge in [0, 0.05) is 12.0 Å². The predicted octanol–water partition coefficient (Wildman–Crippen LogP) is 2.74. The van der Waals surface area contributed by atoms with Crippen molar-refractivity contribution >= 4 is 0 Å². The van der Waals surface area contributed by atoms with Crippen molar-refractivity contribution < 1.29 is 13.5 Å². The van der Waals surface area contributed by atoms with Crippen LogP contribution in [0.25, 0.3) is 0 Å². The van der Waals surface area contributed by atoms with E-state index in [2.05, 4.69) is 4.74 Å². The van der Waals surface area contributed by atoms with Gasteiger partial charge in [0.05, 0.1) is 0 Å². The Morgan fingerprint density at radius 2 is 1.88 bits per heavy atom. The summed E-state index contributed by atoms with van der Waals surface area (Å²) in [5.74, 6) is 0.339. The van der Waals surface area contributed by atoms with Crippen LogP contribution in [0.2, 0.25) is 0 Å². The van der Waals surface area contributed by atoms with E-state index < -0.39 is 6.61 Å². The van der Waals surface area contributed by atoms with Crippen LogP contribution in [0, 0.1) is 5.41 Å². The maximum atomic E-state index is 12.2. The van der Waals surface area contributed by atoms with Crippen molar-refractivity contribution in [1.29, 1.82) is 0 Å². The van der Waals surface area contributed by atoms with Crippen molar-refractivity contribution in [3.63, 3.8) is 0 Å². The zero-order chi connectivity index (χ0) is 11.9. The first-order chi connectivity index (χ1) is 7.44. The summed E-state index contributed by atoms with van der Waals surface area (Å²) in [6, 6.07) is 6.87. The van der Waals surface area contributed by atoms with Gasteiger partial charge in [-0.3, -0.25) is 0 Å². The van der Waals surface area contributed by atoms with E-state index in [-0.39, 0.29) is 23.1 Å². The number of benzene rings is 1. The second kappa shape index (κ2) is 3.70. The molecule has 0 heterocycles. The van der Waals surface area contributed by atoms with Crippen LogP contribution in [-0.2, 0) is 0 Å². The van der Waals surface area contributed by atoms with Gasteiger partial charge in [0.25, 0.3) is 0 Å². The Labute approximate surface area is 93.4 Å². The number of hydrogen-bond donors (Lipinski definition) is 1. The van der Waals surface area contributed by atoms with E-state index in [4.69, 9.17) is 5.73 Å². The fourth-order valence-corrected chi connectivity index (χ4v) is 2.21. The molecule has 2 atom stereocenters. The Morgan fingerprint density at radius 1 is 1.31 bits per heavy atom. The number of hydrogen-bond acceptors (Lipinski definition) is 2. The SMILES string of the molecule is CC1(C)C(N)C1c1ccccc1OC(F)F. The van der Waals surface area contributed by atoms with Crippen molar-refractivity contribution in [1.82, 2.24) is 0 Å². The summed E-state index contributed by atoms with van der Waals surface area (Å²) < 4.78 is 28.9. The van der Waals surface area contributed by atoms with Gasteiger partial charge in [0.1, 0.15) is 5.75 Å². The highest BCUT2D eigenvalue weighted by Gasteiger charge is 2.57. The number of halogens is 2.